The Morgan fingerprint density at radius 2 is 2.00 bits per heavy atom. The van der Waals surface area contributed by atoms with Gasteiger partial charge in [-0.15, -0.1) is 0 Å². The van der Waals surface area contributed by atoms with Crippen LogP contribution in [0.2, 0.25) is 0 Å². The van der Waals surface area contributed by atoms with Crippen molar-refractivity contribution in [2.75, 3.05) is 19.7 Å². The van der Waals surface area contributed by atoms with Crippen molar-refractivity contribution >= 4 is 16.9 Å². The minimum atomic E-state index is -0.608. The number of hydrogen-bond donors (Lipinski definition) is 1. The molecule has 6 nitrogen and oxygen atoms in total. The second kappa shape index (κ2) is 9.26. The number of aliphatic hydroxyl groups is 1. The van der Waals surface area contributed by atoms with E-state index in [1.54, 1.807) is 6.07 Å². The van der Waals surface area contributed by atoms with Crippen LogP contribution in [-0.4, -0.2) is 41.2 Å². The third-order valence-corrected chi connectivity index (χ3v) is 7.63. The Kier molecular flexibility index (Phi) is 6.17. The topological polar surface area (TPSA) is 80.0 Å². The van der Waals surface area contributed by atoms with Gasteiger partial charge in [0.25, 0.3) is 5.91 Å². The Balaban J connectivity index is 1.27. The highest BCUT2D eigenvalue weighted by Crippen LogP contribution is 2.39. The van der Waals surface area contributed by atoms with Crippen LogP contribution in [0.3, 0.4) is 0 Å². The van der Waals surface area contributed by atoms with E-state index >= 15 is 0 Å². The van der Waals surface area contributed by atoms with Crippen molar-refractivity contribution in [3.63, 3.8) is 0 Å². The van der Waals surface area contributed by atoms with E-state index in [0.717, 1.165) is 42.2 Å². The molecule has 1 N–H and O–H groups in total. The number of rotatable bonds is 5. The van der Waals surface area contributed by atoms with Gasteiger partial charge < -0.3 is 19.2 Å². The average Bonchev–Trinajstić information content (AvgIpc) is 2.85. The zero-order valence-corrected chi connectivity index (χ0v) is 19.6. The van der Waals surface area contributed by atoms with Crippen molar-refractivity contribution in [1.29, 1.82) is 0 Å². The highest BCUT2D eigenvalue weighted by molar-refractivity contribution is 5.83. The summed E-state index contributed by atoms with van der Waals surface area (Å²) in [5, 5.41) is 11.7. The second-order valence-corrected chi connectivity index (χ2v) is 9.74. The summed E-state index contributed by atoms with van der Waals surface area (Å²) in [5.74, 6) is 0.566. The van der Waals surface area contributed by atoms with Crippen LogP contribution >= 0.6 is 0 Å². The number of aryl methyl sites for hydroxylation is 1. The summed E-state index contributed by atoms with van der Waals surface area (Å²) in [6, 6.07) is 15.2. The van der Waals surface area contributed by atoms with Gasteiger partial charge in [-0.3, -0.25) is 4.79 Å². The first-order chi connectivity index (χ1) is 16.4. The van der Waals surface area contributed by atoms with Gasteiger partial charge in [-0.1, -0.05) is 43.2 Å². The van der Waals surface area contributed by atoms with E-state index in [1.807, 2.05) is 54.3 Å². The van der Waals surface area contributed by atoms with Crippen molar-refractivity contribution in [3.8, 4) is 5.75 Å². The molecule has 1 aromatic heterocycles. The summed E-state index contributed by atoms with van der Waals surface area (Å²) in [6.45, 7) is 3.01. The van der Waals surface area contributed by atoms with E-state index in [2.05, 4.69) is 0 Å². The second-order valence-electron chi connectivity index (χ2n) is 9.74. The monoisotopic (exact) mass is 461 g/mol. The van der Waals surface area contributed by atoms with E-state index in [0.29, 0.717) is 42.8 Å². The molecule has 178 valence electrons. The third-order valence-electron chi connectivity index (χ3n) is 7.63. The molecule has 1 amide bonds. The van der Waals surface area contributed by atoms with Gasteiger partial charge in [-0.05, 0) is 49.4 Å². The maximum atomic E-state index is 12.8. The fourth-order valence-electron chi connectivity index (χ4n) is 5.50. The number of carbonyl (C=O) groups excluding carboxylic acids is 1. The number of ether oxygens (including phenoxy) is 1. The number of amides is 1. The lowest BCUT2D eigenvalue weighted by Crippen LogP contribution is -2.55. The summed E-state index contributed by atoms with van der Waals surface area (Å²) in [4.78, 5) is 27.3. The zero-order chi connectivity index (χ0) is 23.7. The largest absolute Gasteiger partial charge is 0.484 e. The SMILES string of the molecule is Cc1c(Cc2ccccc2)c(=O)oc2cc(OCC(=O)N3CC[C@@]4(O)CCCC[C@@H]4C3)ccc12. The van der Waals surface area contributed by atoms with Crippen LogP contribution in [0.4, 0.5) is 0 Å². The molecule has 2 aliphatic rings. The molecule has 6 heteroatoms. The molecule has 0 radical (unpaired) electrons. The highest BCUT2D eigenvalue weighted by atomic mass is 16.5. The zero-order valence-electron chi connectivity index (χ0n) is 19.6. The number of fused-ring (bicyclic) bond motifs is 2. The minimum Gasteiger partial charge on any atom is -0.484 e. The first-order valence-corrected chi connectivity index (χ1v) is 12.2. The number of nitrogens with zero attached hydrogens (tertiary/aromatic N) is 1. The molecule has 2 atom stereocenters. The van der Waals surface area contributed by atoms with Gasteiger partial charge in [-0.2, -0.15) is 0 Å². The molecule has 2 aromatic carbocycles. The first kappa shape index (κ1) is 22.7. The molecule has 2 fully saturated rings. The number of likely N-dealkylation sites (tertiary alicyclic amines) is 1. The van der Waals surface area contributed by atoms with Gasteiger partial charge in [-0.25, -0.2) is 4.79 Å². The summed E-state index contributed by atoms with van der Waals surface area (Å²) in [7, 11) is 0. The van der Waals surface area contributed by atoms with Gasteiger partial charge >= 0.3 is 5.63 Å². The molecular formula is C28H31NO5. The Morgan fingerprint density at radius 1 is 1.18 bits per heavy atom. The minimum absolute atomic E-state index is 0.0774. The van der Waals surface area contributed by atoms with Gasteiger partial charge in [0.05, 0.1) is 5.60 Å². The lowest BCUT2D eigenvalue weighted by Gasteiger charge is -2.47. The van der Waals surface area contributed by atoms with Gasteiger partial charge in [0, 0.05) is 42.4 Å². The molecule has 0 unspecified atom stereocenters. The normalized spacial score (nSPS) is 22.4. The maximum absolute atomic E-state index is 12.8. The summed E-state index contributed by atoms with van der Waals surface area (Å²) in [6.07, 6.45) is 5.13. The summed E-state index contributed by atoms with van der Waals surface area (Å²) >= 11 is 0. The van der Waals surface area contributed by atoms with E-state index in [-0.39, 0.29) is 24.1 Å². The lowest BCUT2D eigenvalue weighted by atomic mass is 9.71. The van der Waals surface area contributed by atoms with Crippen molar-refractivity contribution in [2.45, 2.75) is 51.0 Å². The molecular weight excluding hydrogens is 430 g/mol. The molecule has 34 heavy (non-hydrogen) atoms. The molecule has 5 rings (SSSR count). The number of hydrogen-bond acceptors (Lipinski definition) is 5. The summed E-state index contributed by atoms with van der Waals surface area (Å²) in [5.41, 5.74) is 2.09. The van der Waals surface area contributed by atoms with Crippen LogP contribution in [0.5, 0.6) is 5.75 Å². The third kappa shape index (κ3) is 4.47. The van der Waals surface area contributed by atoms with E-state index < -0.39 is 5.60 Å². The molecule has 0 spiro atoms. The predicted octanol–water partition coefficient (Wildman–Crippen LogP) is 4.22. The van der Waals surface area contributed by atoms with E-state index in [4.69, 9.17) is 9.15 Å². The maximum Gasteiger partial charge on any atom is 0.340 e. The van der Waals surface area contributed by atoms with Crippen LogP contribution in [0.25, 0.3) is 11.0 Å². The number of piperidine rings is 1. The van der Waals surface area contributed by atoms with Crippen molar-refractivity contribution in [2.24, 2.45) is 5.92 Å². The predicted molar refractivity (Wildman–Crippen MR) is 130 cm³/mol. The van der Waals surface area contributed by atoms with E-state index in [9.17, 15) is 14.7 Å². The Hall–Kier alpha value is -3.12. The standard InChI is InChI=1S/C28H31NO5/c1-19-23-11-10-22(16-25(23)34-27(31)24(19)15-20-7-3-2-4-8-20)33-18-26(30)29-14-13-28(32)12-6-5-9-21(28)17-29/h2-4,7-8,10-11,16,21,32H,5-6,9,12-15,17-18H2,1H3/t21-,28+/m1/s1. The molecule has 1 aliphatic carbocycles. The highest BCUT2D eigenvalue weighted by Gasteiger charge is 2.43. The van der Waals surface area contributed by atoms with Gasteiger partial charge in [0.2, 0.25) is 0 Å². The molecule has 3 aromatic rings. The lowest BCUT2D eigenvalue weighted by molar-refractivity contribution is -0.145. The van der Waals surface area contributed by atoms with Gasteiger partial charge in [0.15, 0.2) is 6.61 Å². The van der Waals surface area contributed by atoms with Crippen molar-refractivity contribution in [3.05, 3.63) is 75.6 Å². The van der Waals surface area contributed by atoms with Crippen LogP contribution < -0.4 is 10.4 Å². The number of benzene rings is 2. The van der Waals surface area contributed by atoms with Crippen LogP contribution in [-0.2, 0) is 11.2 Å². The first-order valence-electron chi connectivity index (χ1n) is 12.2. The Bertz CT molecular complexity index is 1250. The fraction of sp³-hybridized carbons (Fsp3) is 0.429. The molecule has 1 aliphatic heterocycles. The van der Waals surface area contributed by atoms with Crippen LogP contribution in [0.1, 0.15) is 48.8 Å². The smallest absolute Gasteiger partial charge is 0.340 e. The number of carbonyl (C=O) groups is 1. The molecule has 1 saturated carbocycles. The van der Waals surface area contributed by atoms with Crippen LogP contribution in [0, 0.1) is 12.8 Å². The molecule has 2 heterocycles. The molecule has 1 saturated heterocycles. The Morgan fingerprint density at radius 3 is 2.82 bits per heavy atom. The quantitative estimate of drug-likeness (QED) is 0.576. The van der Waals surface area contributed by atoms with Crippen molar-refractivity contribution < 1.29 is 19.1 Å². The van der Waals surface area contributed by atoms with Crippen molar-refractivity contribution in [1.82, 2.24) is 4.90 Å². The van der Waals surface area contributed by atoms with Crippen LogP contribution in [0.15, 0.2) is 57.7 Å². The Labute approximate surface area is 199 Å². The molecule has 0 bridgehead atoms. The summed E-state index contributed by atoms with van der Waals surface area (Å²) < 4.78 is 11.4. The van der Waals surface area contributed by atoms with Gasteiger partial charge in [0.1, 0.15) is 11.3 Å². The fourth-order valence-corrected chi connectivity index (χ4v) is 5.50. The average molecular weight is 462 g/mol. The van der Waals surface area contributed by atoms with E-state index in [1.165, 1.54) is 0 Å².